The molecular formula is C16H21FO3. The van der Waals surface area contributed by atoms with Crippen LogP contribution in [0.2, 0.25) is 0 Å². The van der Waals surface area contributed by atoms with Crippen LogP contribution in [-0.2, 0) is 4.79 Å². The summed E-state index contributed by atoms with van der Waals surface area (Å²) in [5.41, 5.74) is 0.437. The van der Waals surface area contributed by atoms with Gasteiger partial charge in [-0.15, -0.1) is 0 Å². The van der Waals surface area contributed by atoms with Gasteiger partial charge in [0.15, 0.2) is 5.78 Å². The number of ketones is 1. The molecule has 0 spiro atoms. The molecule has 0 atom stereocenters. The number of Topliss-reactive ketones (excluding diaryl/α,β-unsaturated/α-hetero) is 1. The van der Waals surface area contributed by atoms with E-state index in [-0.39, 0.29) is 18.0 Å². The zero-order valence-electron chi connectivity index (χ0n) is 11.6. The van der Waals surface area contributed by atoms with Gasteiger partial charge in [-0.1, -0.05) is 37.8 Å². The molecule has 20 heavy (non-hydrogen) atoms. The van der Waals surface area contributed by atoms with Crippen LogP contribution >= 0.6 is 0 Å². The summed E-state index contributed by atoms with van der Waals surface area (Å²) in [4.78, 5) is 22.1. The van der Waals surface area contributed by atoms with Crippen molar-refractivity contribution in [2.75, 3.05) is 0 Å². The van der Waals surface area contributed by atoms with Crippen molar-refractivity contribution in [1.82, 2.24) is 0 Å². The van der Waals surface area contributed by atoms with Gasteiger partial charge in [0, 0.05) is 18.4 Å². The van der Waals surface area contributed by atoms with Crippen molar-refractivity contribution >= 4 is 11.8 Å². The maximum absolute atomic E-state index is 13.0. The number of hydrogen-bond acceptors (Lipinski definition) is 2. The Morgan fingerprint density at radius 1 is 0.950 bits per heavy atom. The van der Waals surface area contributed by atoms with E-state index in [0.717, 1.165) is 38.5 Å². The molecule has 3 nitrogen and oxygen atoms in total. The van der Waals surface area contributed by atoms with Gasteiger partial charge >= 0.3 is 5.97 Å². The lowest BCUT2D eigenvalue weighted by molar-refractivity contribution is -0.137. The molecule has 0 aromatic heterocycles. The van der Waals surface area contributed by atoms with E-state index < -0.39 is 5.97 Å². The molecule has 0 unspecified atom stereocenters. The highest BCUT2D eigenvalue weighted by molar-refractivity contribution is 5.95. The number of carboxylic acid groups (broad SMARTS) is 1. The topological polar surface area (TPSA) is 54.4 Å². The lowest BCUT2D eigenvalue weighted by Gasteiger charge is -2.02. The maximum Gasteiger partial charge on any atom is 0.303 e. The summed E-state index contributed by atoms with van der Waals surface area (Å²) < 4.78 is 13.0. The summed E-state index contributed by atoms with van der Waals surface area (Å²) >= 11 is 0. The van der Waals surface area contributed by atoms with Crippen molar-refractivity contribution in [2.24, 2.45) is 0 Å². The molecule has 0 bridgehead atoms. The lowest BCUT2D eigenvalue weighted by Crippen LogP contribution is -1.99. The molecule has 0 heterocycles. The van der Waals surface area contributed by atoms with Gasteiger partial charge in [-0.05, 0) is 25.0 Å². The highest BCUT2D eigenvalue weighted by Crippen LogP contribution is 2.12. The average molecular weight is 280 g/mol. The van der Waals surface area contributed by atoms with Crippen LogP contribution in [0, 0.1) is 5.82 Å². The fraction of sp³-hybridized carbons (Fsp3) is 0.500. The van der Waals surface area contributed by atoms with Crippen molar-refractivity contribution in [2.45, 2.75) is 51.4 Å². The molecule has 0 saturated heterocycles. The van der Waals surface area contributed by atoms with E-state index in [1.54, 1.807) is 12.1 Å². The van der Waals surface area contributed by atoms with Gasteiger partial charge in [0.2, 0.25) is 0 Å². The van der Waals surface area contributed by atoms with E-state index in [0.29, 0.717) is 12.0 Å². The minimum Gasteiger partial charge on any atom is -0.481 e. The summed E-state index contributed by atoms with van der Waals surface area (Å²) in [7, 11) is 0. The van der Waals surface area contributed by atoms with E-state index in [9.17, 15) is 14.0 Å². The average Bonchev–Trinajstić information content (AvgIpc) is 2.41. The SMILES string of the molecule is O=C(O)CCCCCCCCC(=O)c1cccc(F)c1. The Balaban J connectivity index is 2.06. The smallest absolute Gasteiger partial charge is 0.303 e. The van der Waals surface area contributed by atoms with Crippen molar-refractivity contribution in [3.63, 3.8) is 0 Å². The Morgan fingerprint density at radius 3 is 2.15 bits per heavy atom. The number of unbranched alkanes of at least 4 members (excludes halogenated alkanes) is 5. The first kappa shape index (κ1) is 16.3. The van der Waals surface area contributed by atoms with Crippen LogP contribution in [-0.4, -0.2) is 16.9 Å². The summed E-state index contributed by atoms with van der Waals surface area (Å²) in [6.45, 7) is 0. The molecule has 0 saturated carbocycles. The van der Waals surface area contributed by atoms with Crippen molar-refractivity contribution in [3.05, 3.63) is 35.6 Å². The van der Waals surface area contributed by atoms with Crippen LogP contribution in [0.4, 0.5) is 4.39 Å². The molecule has 0 aliphatic heterocycles. The Bertz CT molecular complexity index is 443. The summed E-state index contributed by atoms with van der Waals surface area (Å²) in [6, 6.07) is 5.78. The summed E-state index contributed by atoms with van der Waals surface area (Å²) in [5.74, 6) is -1.14. The number of rotatable bonds is 10. The van der Waals surface area contributed by atoms with Gasteiger partial charge in [0.1, 0.15) is 5.82 Å². The number of aliphatic carboxylic acids is 1. The van der Waals surface area contributed by atoms with Gasteiger partial charge in [0.25, 0.3) is 0 Å². The second-order valence-electron chi connectivity index (χ2n) is 4.95. The van der Waals surface area contributed by atoms with Gasteiger partial charge < -0.3 is 5.11 Å². The number of benzene rings is 1. The minimum atomic E-state index is -0.745. The van der Waals surface area contributed by atoms with E-state index in [2.05, 4.69) is 0 Å². The molecule has 0 aliphatic rings. The van der Waals surface area contributed by atoms with Crippen LogP contribution in [0.3, 0.4) is 0 Å². The highest BCUT2D eigenvalue weighted by Gasteiger charge is 2.06. The van der Waals surface area contributed by atoms with E-state index in [1.165, 1.54) is 12.1 Å². The molecule has 1 aromatic rings. The fourth-order valence-electron chi connectivity index (χ4n) is 2.08. The number of carbonyl (C=O) groups excluding carboxylic acids is 1. The summed E-state index contributed by atoms with van der Waals surface area (Å²) in [5, 5.41) is 8.48. The second kappa shape index (κ2) is 9.23. The molecule has 0 aliphatic carbocycles. The van der Waals surface area contributed by atoms with Crippen LogP contribution in [0.1, 0.15) is 61.7 Å². The third-order valence-corrected chi connectivity index (χ3v) is 3.19. The molecule has 110 valence electrons. The van der Waals surface area contributed by atoms with Gasteiger partial charge in [-0.25, -0.2) is 4.39 Å². The molecule has 0 radical (unpaired) electrons. The molecule has 1 aromatic carbocycles. The number of carbonyl (C=O) groups is 2. The maximum atomic E-state index is 13.0. The van der Waals surface area contributed by atoms with Gasteiger partial charge in [-0.2, -0.15) is 0 Å². The number of carboxylic acids is 1. The van der Waals surface area contributed by atoms with Crippen LogP contribution < -0.4 is 0 Å². The van der Waals surface area contributed by atoms with E-state index >= 15 is 0 Å². The third kappa shape index (κ3) is 7.02. The largest absolute Gasteiger partial charge is 0.481 e. The Labute approximate surface area is 118 Å². The minimum absolute atomic E-state index is 0.0182. The van der Waals surface area contributed by atoms with Crippen LogP contribution in [0.15, 0.2) is 24.3 Å². The van der Waals surface area contributed by atoms with Crippen LogP contribution in [0.5, 0.6) is 0 Å². The fourth-order valence-corrected chi connectivity index (χ4v) is 2.08. The molecule has 0 amide bonds. The quantitative estimate of drug-likeness (QED) is 0.516. The summed E-state index contributed by atoms with van der Waals surface area (Å²) in [6.07, 6.45) is 6.08. The monoisotopic (exact) mass is 280 g/mol. The predicted octanol–water partition coefficient (Wildman–Crippen LogP) is 4.21. The van der Waals surface area contributed by atoms with E-state index in [4.69, 9.17) is 5.11 Å². The van der Waals surface area contributed by atoms with Gasteiger partial charge in [0.05, 0.1) is 0 Å². The third-order valence-electron chi connectivity index (χ3n) is 3.19. The van der Waals surface area contributed by atoms with Crippen molar-refractivity contribution < 1.29 is 19.1 Å². The van der Waals surface area contributed by atoms with Gasteiger partial charge in [-0.3, -0.25) is 9.59 Å². The first-order valence-electron chi connectivity index (χ1n) is 7.10. The molecule has 4 heteroatoms. The van der Waals surface area contributed by atoms with E-state index in [1.807, 2.05) is 0 Å². The Hall–Kier alpha value is -1.71. The second-order valence-corrected chi connectivity index (χ2v) is 4.95. The van der Waals surface area contributed by atoms with Crippen molar-refractivity contribution in [1.29, 1.82) is 0 Å². The zero-order valence-corrected chi connectivity index (χ0v) is 11.6. The lowest BCUT2D eigenvalue weighted by atomic mass is 10.0. The standard InChI is InChI=1S/C16H21FO3/c17-14-9-7-8-13(12-14)15(18)10-5-3-1-2-4-6-11-16(19)20/h7-9,12H,1-6,10-11H2,(H,19,20). The van der Waals surface area contributed by atoms with Crippen LogP contribution in [0.25, 0.3) is 0 Å². The Kier molecular flexibility index (Phi) is 7.55. The Morgan fingerprint density at radius 2 is 1.55 bits per heavy atom. The first-order valence-corrected chi connectivity index (χ1v) is 7.10. The molecule has 1 N–H and O–H groups in total. The molecular weight excluding hydrogens is 259 g/mol. The highest BCUT2D eigenvalue weighted by atomic mass is 19.1. The molecule has 0 fully saturated rings. The first-order chi connectivity index (χ1) is 9.59. The molecule has 1 rings (SSSR count). The zero-order chi connectivity index (χ0) is 14.8. The predicted molar refractivity (Wildman–Crippen MR) is 75.3 cm³/mol. The van der Waals surface area contributed by atoms with Crippen molar-refractivity contribution in [3.8, 4) is 0 Å². The number of halogens is 1. The number of hydrogen-bond donors (Lipinski definition) is 1. The normalized spacial score (nSPS) is 10.4.